The van der Waals surface area contributed by atoms with Gasteiger partial charge < -0.3 is 25.2 Å². The van der Waals surface area contributed by atoms with Crippen molar-refractivity contribution in [3.63, 3.8) is 0 Å². The van der Waals surface area contributed by atoms with Crippen molar-refractivity contribution < 1.29 is 14.3 Å². The van der Waals surface area contributed by atoms with Crippen molar-refractivity contribution in [3.8, 4) is 0 Å². The zero-order valence-corrected chi connectivity index (χ0v) is 17.0. The first-order chi connectivity index (χ1) is 13.4. The summed E-state index contributed by atoms with van der Waals surface area (Å²) in [5.74, 6) is -0.0314. The average Bonchev–Trinajstić information content (AvgIpc) is 3.00. The minimum Gasteiger partial charge on any atom is -0.441 e. The average molecular weight is 389 g/mol. The van der Waals surface area contributed by atoms with Gasteiger partial charge in [-0.2, -0.15) is 0 Å². The van der Waals surface area contributed by atoms with Gasteiger partial charge in [0.05, 0.1) is 12.6 Å². The molecule has 28 heavy (non-hydrogen) atoms. The molecule has 2 N–H and O–H groups in total. The standard InChI is InChI=1S/C21H32N4O3/c1-17(22)19(26)24-12-9-21(10-13-24)16-25(20(27)28-21)15-14-23(2)11-8-18-6-4-3-5-7-18/h3-7,17H,8-16,22H2,1-2H3/t17-/m1/s1. The SMILES string of the molecule is C[C@@H](N)C(=O)N1CCC2(CC1)CN(CCN(C)CCc1ccccc1)C(=O)O2. The largest absolute Gasteiger partial charge is 0.441 e. The molecule has 2 saturated heterocycles. The number of amides is 2. The molecule has 0 radical (unpaired) electrons. The zero-order chi connectivity index (χ0) is 20.1. The highest BCUT2D eigenvalue weighted by Gasteiger charge is 2.47. The molecular formula is C21H32N4O3. The van der Waals surface area contributed by atoms with E-state index in [1.54, 1.807) is 11.8 Å². The predicted molar refractivity (Wildman–Crippen MR) is 108 cm³/mol. The third-order valence-corrected chi connectivity index (χ3v) is 5.79. The minimum atomic E-state index is -0.483. The van der Waals surface area contributed by atoms with Crippen LogP contribution in [-0.4, -0.2) is 84.7 Å². The van der Waals surface area contributed by atoms with Gasteiger partial charge in [-0.1, -0.05) is 30.3 Å². The number of nitrogens with two attached hydrogens (primary N) is 1. The molecule has 2 fully saturated rings. The third-order valence-electron chi connectivity index (χ3n) is 5.79. The van der Waals surface area contributed by atoms with Gasteiger partial charge in [-0.3, -0.25) is 4.79 Å². The molecule has 154 valence electrons. The Balaban J connectivity index is 1.43. The van der Waals surface area contributed by atoms with E-state index in [0.29, 0.717) is 39.0 Å². The van der Waals surface area contributed by atoms with Crippen LogP contribution >= 0.6 is 0 Å². The Morgan fingerprint density at radius 2 is 1.93 bits per heavy atom. The number of likely N-dealkylation sites (tertiary alicyclic amines) is 1. The monoisotopic (exact) mass is 388 g/mol. The first kappa shape index (κ1) is 20.6. The van der Waals surface area contributed by atoms with Crippen molar-refractivity contribution >= 4 is 12.0 Å². The zero-order valence-electron chi connectivity index (χ0n) is 17.0. The van der Waals surface area contributed by atoms with Gasteiger partial charge >= 0.3 is 6.09 Å². The molecule has 0 aromatic heterocycles. The normalized spacial score (nSPS) is 19.9. The van der Waals surface area contributed by atoms with E-state index < -0.39 is 11.6 Å². The number of hydrogen-bond acceptors (Lipinski definition) is 5. The lowest BCUT2D eigenvalue weighted by Crippen LogP contribution is -2.52. The number of hydrogen-bond donors (Lipinski definition) is 1. The minimum absolute atomic E-state index is 0.0314. The van der Waals surface area contributed by atoms with Gasteiger partial charge in [-0.25, -0.2) is 4.79 Å². The Kier molecular flexibility index (Phi) is 6.57. The van der Waals surface area contributed by atoms with Gasteiger partial charge in [0.2, 0.25) is 5.91 Å². The number of carbonyl (C=O) groups excluding carboxylic acids is 2. The number of ether oxygens (including phenoxy) is 1. The maximum Gasteiger partial charge on any atom is 0.410 e. The number of benzene rings is 1. The van der Waals surface area contributed by atoms with Crippen molar-refractivity contribution in [2.45, 2.75) is 37.8 Å². The second kappa shape index (κ2) is 8.92. The number of piperidine rings is 1. The summed E-state index contributed by atoms with van der Waals surface area (Å²) >= 11 is 0. The van der Waals surface area contributed by atoms with Crippen LogP contribution in [0.1, 0.15) is 25.3 Å². The van der Waals surface area contributed by atoms with Gasteiger partial charge in [0.15, 0.2) is 0 Å². The van der Waals surface area contributed by atoms with Gasteiger partial charge in [0, 0.05) is 45.6 Å². The predicted octanol–water partition coefficient (Wildman–Crippen LogP) is 1.32. The Morgan fingerprint density at radius 1 is 1.25 bits per heavy atom. The van der Waals surface area contributed by atoms with Crippen molar-refractivity contribution in [2.75, 3.05) is 46.3 Å². The molecule has 1 aromatic rings. The summed E-state index contributed by atoms with van der Waals surface area (Å²) in [6.45, 7) is 5.93. The van der Waals surface area contributed by atoms with E-state index in [1.165, 1.54) is 5.56 Å². The molecule has 7 heteroatoms. The van der Waals surface area contributed by atoms with Gasteiger partial charge in [-0.15, -0.1) is 0 Å². The summed E-state index contributed by atoms with van der Waals surface area (Å²) in [5.41, 5.74) is 6.57. The molecule has 2 aliphatic rings. The molecular weight excluding hydrogens is 356 g/mol. The van der Waals surface area contributed by atoms with E-state index in [1.807, 2.05) is 11.0 Å². The molecule has 3 rings (SSSR count). The molecule has 2 aliphatic heterocycles. The topological polar surface area (TPSA) is 79.1 Å². The van der Waals surface area contributed by atoms with Crippen LogP contribution in [0.25, 0.3) is 0 Å². The van der Waals surface area contributed by atoms with E-state index in [0.717, 1.165) is 19.5 Å². The van der Waals surface area contributed by atoms with E-state index in [4.69, 9.17) is 10.5 Å². The fourth-order valence-electron chi connectivity index (χ4n) is 3.92. The lowest BCUT2D eigenvalue weighted by atomic mass is 9.91. The number of carbonyl (C=O) groups is 2. The number of nitrogens with zero attached hydrogens (tertiary/aromatic N) is 3. The van der Waals surface area contributed by atoms with Crippen LogP contribution in [-0.2, 0) is 16.0 Å². The fourth-order valence-corrected chi connectivity index (χ4v) is 3.92. The third kappa shape index (κ3) is 5.02. The molecule has 2 heterocycles. The van der Waals surface area contributed by atoms with Crippen molar-refractivity contribution in [1.29, 1.82) is 0 Å². The highest BCUT2D eigenvalue weighted by atomic mass is 16.6. The van der Waals surface area contributed by atoms with E-state index in [-0.39, 0.29) is 12.0 Å². The lowest BCUT2D eigenvalue weighted by Gasteiger charge is -2.38. The first-order valence-electron chi connectivity index (χ1n) is 10.1. The second-order valence-corrected chi connectivity index (χ2v) is 8.13. The maximum atomic E-state index is 12.3. The Labute approximate surface area is 167 Å². The van der Waals surface area contributed by atoms with Gasteiger partial charge in [0.25, 0.3) is 0 Å². The Morgan fingerprint density at radius 3 is 2.57 bits per heavy atom. The highest BCUT2D eigenvalue weighted by Crippen LogP contribution is 2.33. The van der Waals surface area contributed by atoms with Gasteiger partial charge in [0.1, 0.15) is 5.60 Å². The number of likely N-dealkylation sites (N-methyl/N-ethyl adjacent to an activating group) is 1. The quantitative estimate of drug-likeness (QED) is 0.762. The highest BCUT2D eigenvalue weighted by molar-refractivity contribution is 5.81. The Bertz CT molecular complexity index is 671. The molecule has 0 unspecified atom stereocenters. The van der Waals surface area contributed by atoms with E-state index >= 15 is 0 Å². The van der Waals surface area contributed by atoms with E-state index in [9.17, 15) is 9.59 Å². The fraction of sp³-hybridized carbons (Fsp3) is 0.619. The molecule has 1 spiro atoms. The van der Waals surface area contributed by atoms with Gasteiger partial charge in [-0.05, 0) is 26.0 Å². The molecule has 1 aromatic carbocycles. The van der Waals surface area contributed by atoms with Crippen molar-refractivity contribution in [2.24, 2.45) is 5.73 Å². The van der Waals surface area contributed by atoms with Crippen LogP contribution in [0.3, 0.4) is 0 Å². The van der Waals surface area contributed by atoms with Crippen LogP contribution in [0.15, 0.2) is 30.3 Å². The summed E-state index contributed by atoms with van der Waals surface area (Å²) in [6, 6.07) is 9.93. The molecule has 2 amide bonds. The second-order valence-electron chi connectivity index (χ2n) is 8.13. The molecule has 0 bridgehead atoms. The van der Waals surface area contributed by atoms with Crippen LogP contribution in [0.5, 0.6) is 0 Å². The molecule has 7 nitrogen and oxygen atoms in total. The molecule has 0 saturated carbocycles. The van der Waals surface area contributed by atoms with Crippen molar-refractivity contribution in [1.82, 2.24) is 14.7 Å². The van der Waals surface area contributed by atoms with Crippen LogP contribution in [0, 0.1) is 0 Å². The maximum absolute atomic E-state index is 12.3. The van der Waals surface area contributed by atoms with Crippen LogP contribution < -0.4 is 5.73 Å². The van der Waals surface area contributed by atoms with Crippen LogP contribution in [0.4, 0.5) is 4.79 Å². The summed E-state index contributed by atoms with van der Waals surface area (Å²) in [7, 11) is 2.08. The van der Waals surface area contributed by atoms with Crippen LogP contribution in [0.2, 0.25) is 0 Å². The molecule has 1 atom stereocenters. The number of rotatable bonds is 7. The summed E-state index contributed by atoms with van der Waals surface area (Å²) in [5, 5.41) is 0. The van der Waals surface area contributed by atoms with Crippen molar-refractivity contribution in [3.05, 3.63) is 35.9 Å². The Hall–Kier alpha value is -2.12. The summed E-state index contributed by atoms with van der Waals surface area (Å²) in [6.07, 6.45) is 2.12. The summed E-state index contributed by atoms with van der Waals surface area (Å²) < 4.78 is 5.75. The smallest absolute Gasteiger partial charge is 0.410 e. The first-order valence-corrected chi connectivity index (χ1v) is 10.1. The molecule has 0 aliphatic carbocycles. The van der Waals surface area contributed by atoms with E-state index in [2.05, 4.69) is 36.2 Å². The lowest BCUT2D eigenvalue weighted by molar-refractivity contribution is -0.135. The summed E-state index contributed by atoms with van der Waals surface area (Å²) in [4.78, 5) is 30.2.